The number of alkyl carbamates (subject to hydrolysis) is 1. The maximum Gasteiger partial charge on any atom is 0.407 e. The van der Waals surface area contributed by atoms with Gasteiger partial charge >= 0.3 is 6.09 Å². The third-order valence-electron chi connectivity index (χ3n) is 6.66. The van der Waals surface area contributed by atoms with E-state index in [1.165, 1.54) is 0 Å². The van der Waals surface area contributed by atoms with Gasteiger partial charge in [0, 0.05) is 5.41 Å². The summed E-state index contributed by atoms with van der Waals surface area (Å²) in [5.74, 6) is 0.818. The van der Waals surface area contributed by atoms with Gasteiger partial charge in [-0.3, -0.25) is 0 Å². The molecule has 2 aromatic carbocycles. The molecule has 0 heterocycles. The predicted molar refractivity (Wildman–Crippen MR) is 138 cm³/mol. The number of benzene rings is 2. The van der Waals surface area contributed by atoms with Gasteiger partial charge in [0.1, 0.15) is 12.4 Å². The van der Waals surface area contributed by atoms with Crippen molar-refractivity contribution in [3.8, 4) is 5.75 Å². The van der Waals surface area contributed by atoms with Crippen LogP contribution in [0.15, 0.2) is 54.6 Å². The summed E-state index contributed by atoms with van der Waals surface area (Å²) in [6.07, 6.45) is -1.21. The Kier molecular flexibility index (Phi) is 9.34. The van der Waals surface area contributed by atoms with E-state index in [9.17, 15) is 15.0 Å². The molecule has 3 N–H and O–H groups in total. The first-order valence-corrected chi connectivity index (χ1v) is 14.7. The third-order valence-corrected chi connectivity index (χ3v) is 11.0. The van der Waals surface area contributed by atoms with Gasteiger partial charge in [0.25, 0.3) is 0 Å². The number of rotatable bonds is 10. The van der Waals surface area contributed by atoms with Gasteiger partial charge < -0.3 is 24.7 Å². The van der Waals surface area contributed by atoms with Crippen molar-refractivity contribution in [3.63, 3.8) is 0 Å². The van der Waals surface area contributed by atoms with E-state index in [4.69, 9.17) is 9.16 Å². The van der Waals surface area contributed by atoms with Gasteiger partial charge in [-0.2, -0.15) is 0 Å². The maximum absolute atomic E-state index is 12.5. The van der Waals surface area contributed by atoms with Crippen LogP contribution in [0.5, 0.6) is 5.75 Å². The van der Waals surface area contributed by atoms with Gasteiger partial charge in [-0.15, -0.1) is 0 Å². The second-order valence-electron chi connectivity index (χ2n) is 11.1. The Morgan fingerprint density at radius 3 is 2.09 bits per heavy atom. The lowest BCUT2D eigenvalue weighted by Crippen LogP contribution is -2.52. The van der Waals surface area contributed by atoms with Crippen LogP contribution in [0.1, 0.15) is 45.7 Å². The van der Waals surface area contributed by atoms with Crippen LogP contribution in [-0.4, -0.2) is 43.4 Å². The highest BCUT2D eigenvalue weighted by molar-refractivity contribution is 6.74. The van der Waals surface area contributed by atoms with Crippen LogP contribution in [0.2, 0.25) is 18.1 Å². The fourth-order valence-electron chi connectivity index (χ4n) is 3.19. The second-order valence-corrected chi connectivity index (χ2v) is 15.8. The number of amides is 1. The monoisotopic (exact) mass is 487 g/mol. The number of hydrogen-bond donors (Lipinski definition) is 3. The Balaban J connectivity index is 2.11. The lowest BCUT2D eigenvalue weighted by Gasteiger charge is -2.36. The van der Waals surface area contributed by atoms with E-state index in [-0.39, 0.29) is 18.3 Å². The summed E-state index contributed by atoms with van der Waals surface area (Å²) in [5, 5.41) is 23.6. The van der Waals surface area contributed by atoms with Gasteiger partial charge in [-0.05, 0) is 47.8 Å². The summed E-state index contributed by atoms with van der Waals surface area (Å²) >= 11 is 0. The Bertz CT molecular complexity index is 907. The molecule has 1 amide bonds. The van der Waals surface area contributed by atoms with Crippen molar-refractivity contribution in [2.45, 2.75) is 77.9 Å². The lowest BCUT2D eigenvalue weighted by atomic mass is 9.81. The topological polar surface area (TPSA) is 88.0 Å². The van der Waals surface area contributed by atoms with E-state index in [2.05, 4.69) is 39.2 Å². The Morgan fingerprint density at radius 2 is 1.56 bits per heavy atom. The van der Waals surface area contributed by atoms with Crippen LogP contribution in [0.3, 0.4) is 0 Å². The molecule has 0 aliphatic heterocycles. The number of hydrogen-bond acceptors (Lipinski definition) is 5. The first kappa shape index (κ1) is 27.9. The summed E-state index contributed by atoms with van der Waals surface area (Å²) in [6.45, 7) is 14.4. The number of carbonyl (C=O) groups is 1. The summed E-state index contributed by atoms with van der Waals surface area (Å²) in [6, 6.07) is 16.5. The number of aliphatic hydroxyl groups is 2. The molecule has 2 atom stereocenters. The second kappa shape index (κ2) is 11.4. The molecule has 0 aliphatic carbocycles. The van der Waals surface area contributed by atoms with Crippen molar-refractivity contribution >= 4 is 14.4 Å². The molecule has 2 rings (SSSR count). The molecular formula is C27H41NO5Si. The van der Waals surface area contributed by atoms with Crippen LogP contribution in [0.4, 0.5) is 4.79 Å². The summed E-state index contributed by atoms with van der Waals surface area (Å²) in [5.41, 5.74) is 1.01. The molecule has 0 aliphatic rings. The van der Waals surface area contributed by atoms with E-state index >= 15 is 0 Å². The molecule has 0 aromatic heterocycles. The number of carbonyl (C=O) groups excluding carboxylic acids is 1. The average molecular weight is 488 g/mol. The lowest BCUT2D eigenvalue weighted by molar-refractivity contribution is -0.0162. The van der Waals surface area contributed by atoms with Crippen LogP contribution in [0.25, 0.3) is 0 Å². The highest BCUT2D eigenvalue weighted by Crippen LogP contribution is 2.37. The molecule has 2 aromatic rings. The zero-order valence-corrected chi connectivity index (χ0v) is 22.6. The highest BCUT2D eigenvalue weighted by atomic mass is 28.4. The predicted octanol–water partition coefficient (Wildman–Crippen LogP) is 5.29. The Labute approximate surface area is 205 Å². The van der Waals surface area contributed by atoms with Crippen LogP contribution >= 0.6 is 0 Å². The molecule has 6 nitrogen and oxygen atoms in total. The van der Waals surface area contributed by atoms with Gasteiger partial charge in [-0.25, -0.2) is 4.79 Å². The normalized spacial score (nSPS) is 14.3. The number of ether oxygens (including phenoxy) is 1. The molecule has 0 spiro atoms. The zero-order valence-electron chi connectivity index (χ0n) is 21.6. The minimum absolute atomic E-state index is 0.0980. The van der Waals surface area contributed by atoms with Crippen LogP contribution in [0, 0.1) is 5.41 Å². The van der Waals surface area contributed by atoms with Crippen molar-refractivity contribution < 1.29 is 24.2 Å². The smallest absolute Gasteiger partial charge is 0.407 e. The van der Waals surface area contributed by atoms with E-state index < -0.39 is 32.0 Å². The van der Waals surface area contributed by atoms with Gasteiger partial charge in [0.2, 0.25) is 8.32 Å². The average Bonchev–Trinajstić information content (AvgIpc) is 2.77. The van der Waals surface area contributed by atoms with E-state index in [0.717, 1.165) is 16.9 Å². The molecule has 0 saturated carbocycles. The zero-order chi connectivity index (χ0) is 25.6. The molecule has 0 radical (unpaired) electrons. The largest absolute Gasteiger partial charge is 0.544 e. The van der Waals surface area contributed by atoms with Crippen molar-refractivity contribution in [1.29, 1.82) is 0 Å². The van der Waals surface area contributed by atoms with E-state index in [1.807, 2.05) is 54.6 Å². The van der Waals surface area contributed by atoms with Crippen molar-refractivity contribution in [2.75, 3.05) is 6.61 Å². The van der Waals surface area contributed by atoms with Gasteiger partial charge in [0.15, 0.2) is 0 Å². The molecule has 0 bridgehead atoms. The third kappa shape index (κ3) is 7.86. The number of nitrogens with one attached hydrogen (secondary N) is 1. The number of aliphatic hydroxyl groups excluding tert-OH is 2. The molecule has 0 fully saturated rings. The first-order valence-electron chi connectivity index (χ1n) is 11.8. The van der Waals surface area contributed by atoms with Gasteiger partial charge in [0.05, 0.1) is 18.8 Å². The molecular weight excluding hydrogens is 446 g/mol. The SMILES string of the molecule is CC(C)(CO)[C@H](O)[C@H](Cc1ccc(O[Si](C)(C)C(C)(C)C)cc1)NC(=O)OCc1ccccc1. The minimum atomic E-state index is -1.94. The quantitative estimate of drug-likeness (QED) is 0.397. The summed E-state index contributed by atoms with van der Waals surface area (Å²) in [7, 11) is -1.94. The molecule has 0 unspecified atom stereocenters. The fraction of sp³-hybridized carbons (Fsp3) is 0.519. The van der Waals surface area contributed by atoms with Crippen LogP contribution in [-0.2, 0) is 17.8 Å². The maximum atomic E-state index is 12.5. The molecule has 7 heteroatoms. The fourth-order valence-corrected chi connectivity index (χ4v) is 4.22. The standard InChI is InChI=1S/C27H41NO5Si/c1-26(2,3)34(6,7)33-22-15-13-20(14-16-22)17-23(24(30)27(4,5)19-29)28-25(31)32-18-21-11-9-8-10-12-21/h8-16,23-24,29-30H,17-19H2,1-7H3,(H,28,31)/t23-,24+/m0/s1. The summed E-state index contributed by atoms with van der Waals surface area (Å²) in [4.78, 5) is 12.5. The Hall–Kier alpha value is -2.35. The van der Waals surface area contributed by atoms with E-state index in [0.29, 0.717) is 6.42 Å². The minimum Gasteiger partial charge on any atom is -0.544 e. The molecule has 0 saturated heterocycles. The summed E-state index contributed by atoms with van der Waals surface area (Å²) < 4.78 is 11.7. The van der Waals surface area contributed by atoms with E-state index in [1.54, 1.807) is 13.8 Å². The van der Waals surface area contributed by atoms with Crippen molar-refractivity contribution in [3.05, 3.63) is 65.7 Å². The van der Waals surface area contributed by atoms with Crippen molar-refractivity contribution in [1.82, 2.24) is 5.32 Å². The first-order chi connectivity index (χ1) is 15.7. The highest BCUT2D eigenvalue weighted by Gasteiger charge is 2.39. The van der Waals surface area contributed by atoms with Gasteiger partial charge in [-0.1, -0.05) is 77.1 Å². The van der Waals surface area contributed by atoms with Crippen LogP contribution < -0.4 is 9.74 Å². The molecule has 188 valence electrons. The Morgan fingerprint density at radius 1 is 0.971 bits per heavy atom. The molecule has 34 heavy (non-hydrogen) atoms. The van der Waals surface area contributed by atoms with Crippen molar-refractivity contribution in [2.24, 2.45) is 5.41 Å².